The SMILES string of the molecule is C#CCNCc1ccc(OCCC)c(Cl)c1.Cl. The summed E-state index contributed by atoms with van der Waals surface area (Å²) in [6.45, 7) is 4.03. The molecule has 0 heterocycles. The largest absolute Gasteiger partial charge is 0.492 e. The predicted octanol–water partition coefficient (Wildman–Crippen LogP) is 3.27. The van der Waals surface area contributed by atoms with Crippen LogP contribution in [0, 0.1) is 12.3 Å². The first-order valence-corrected chi connectivity index (χ1v) is 5.71. The summed E-state index contributed by atoms with van der Waals surface area (Å²) in [5.74, 6) is 3.26. The summed E-state index contributed by atoms with van der Waals surface area (Å²) in [6, 6.07) is 5.78. The molecule has 0 saturated carbocycles. The molecule has 1 aromatic rings. The van der Waals surface area contributed by atoms with Gasteiger partial charge in [0.2, 0.25) is 0 Å². The molecule has 1 rings (SSSR count). The van der Waals surface area contributed by atoms with E-state index in [-0.39, 0.29) is 12.4 Å². The Kier molecular flexibility index (Phi) is 8.71. The number of nitrogens with one attached hydrogen (secondary N) is 1. The van der Waals surface area contributed by atoms with Gasteiger partial charge in [0.1, 0.15) is 5.75 Å². The lowest BCUT2D eigenvalue weighted by Crippen LogP contribution is -2.12. The average Bonchev–Trinajstić information content (AvgIpc) is 2.28. The van der Waals surface area contributed by atoms with Crippen molar-refractivity contribution in [2.75, 3.05) is 13.2 Å². The van der Waals surface area contributed by atoms with Gasteiger partial charge in [-0.15, -0.1) is 18.8 Å². The zero-order valence-electron chi connectivity index (χ0n) is 9.83. The van der Waals surface area contributed by atoms with Crippen LogP contribution in [0.15, 0.2) is 18.2 Å². The summed E-state index contributed by atoms with van der Waals surface area (Å²) in [5, 5.41) is 3.75. The standard InChI is InChI=1S/C13H16ClNO.ClH/c1-3-7-15-10-11-5-6-13(12(14)9-11)16-8-4-2;/h1,5-6,9,15H,4,7-8,10H2,2H3;1H. The van der Waals surface area contributed by atoms with E-state index in [9.17, 15) is 0 Å². The van der Waals surface area contributed by atoms with Gasteiger partial charge in [0.15, 0.2) is 0 Å². The minimum Gasteiger partial charge on any atom is -0.492 e. The number of ether oxygens (including phenoxy) is 1. The predicted molar refractivity (Wildman–Crippen MR) is 75.0 cm³/mol. The molecule has 0 amide bonds. The molecule has 0 saturated heterocycles. The molecule has 0 unspecified atom stereocenters. The van der Waals surface area contributed by atoms with Gasteiger partial charge in [-0.05, 0) is 24.1 Å². The lowest BCUT2D eigenvalue weighted by Gasteiger charge is -2.08. The van der Waals surface area contributed by atoms with E-state index in [1.165, 1.54) is 0 Å². The minimum atomic E-state index is 0. The van der Waals surface area contributed by atoms with Crippen LogP contribution < -0.4 is 10.1 Å². The highest BCUT2D eigenvalue weighted by Crippen LogP contribution is 2.25. The normalized spacial score (nSPS) is 9.24. The van der Waals surface area contributed by atoms with Crippen molar-refractivity contribution in [1.82, 2.24) is 5.32 Å². The molecule has 1 N–H and O–H groups in total. The van der Waals surface area contributed by atoms with Crippen LogP contribution in [0.2, 0.25) is 5.02 Å². The number of rotatable bonds is 6. The van der Waals surface area contributed by atoms with Gasteiger partial charge >= 0.3 is 0 Å². The molecule has 0 atom stereocenters. The van der Waals surface area contributed by atoms with E-state index in [2.05, 4.69) is 18.2 Å². The maximum atomic E-state index is 6.08. The quantitative estimate of drug-likeness (QED) is 0.635. The molecular weight excluding hydrogens is 257 g/mol. The monoisotopic (exact) mass is 273 g/mol. The van der Waals surface area contributed by atoms with Gasteiger partial charge in [-0.1, -0.05) is 30.5 Å². The molecule has 94 valence electrons. The minimum absolute atomic E-state index is 0. The van der Waals surface area contributed by atoms with Gasteiger partial charge in [0.05, 0.1) is 18.2 Å². The summed E-state index contributed by atoms with van der Waals surface area (Å²) in [7, 11) is 0. The number of hydrogen-bond acceptors (Lipinski definition) is 2. The van der Waals surface area contributed by atoms with E-state index in [0.29, 0.717) is 18.2 Å². The molecule has 2 nitrogen and oxygen atoms in total. The van der Waals surface area contributed by atoms with Crippen LogP contribution in [-0.2, 0) is 6.54 Å². The molecule has 0 fully saturated rings. The van der Waals surface area contributed by atoms with Crippen molar-refractivity contribution in [3.63, 3.8) is 0 Å². The van der Waals surface area contributed by atoms with Crippen molar-refractivity contribution < 1.29 is 4.74 Å². The number of terminal acetylenes is 1. The molecule has 0 bridgehead atoms. The second kappa shape index (κ2) is 9.18. The zero-order valence-corrected chi connectivity index (χ0v) is 11.4. The topological polar surface area (TPSA) is 21.3 Å². The first-order valence-electron chi connectivity index (χ1n) is 5.33. The first-order chi connectivity index (χ1) is 7.77. The van der Waals surface area contributed by atoms with E-state index in [1.807, 2.05) is 18.2 Å². The Morgan fingerprint density at radius 3 is 2.82 bits per heavy atom. The van der Waals surface area contributed by atoms with Gasteiger partial charge in [-0.3, -0.25) is 0 Å². The van der Waals surface area contributed by atoms with E-state index >= 15 is 0 Å². The number of benzene rings is 1. The van der Waals surface area contributed by atoms with Crippen LogP contribution >= 0.6 is 24.0 Å². The van der Waals surface area contributed by atoms with Crippen LogP contribution in [0.3, 0.4) is 0 Å². The lowest BCUT2D eigenvalue weighted by atomic mass is 10.2. The molecule has 0 aliphatic heterocycles. The van der Waals surface area contributed by atoms with E-state index < -0.39 is 0 Å². The summed E-state index contributed by atoms with van der Waals surface area (Å²) >= 11 is 6.08. The Hall–Kier alpha value is -0.880. The van der Waals surface area contributed by atoms with Crippen LogP contribution in [0.4, 0.5) is 0 Å². The van der Waals surface area contributed by atoms with E-state index in [1.54, 1.807) is 0 Å². The fourth-order valence-electron chi connectivity index (χ4n) is 1.26. The summed E-state index contributed by atoms with van der Waals surface area (Å²) in [5.41, 5.74) is 1.10. The van der Waals surface area contributed by atoms with Gasteiger partial charge < -0.3 is 10.1 Å². The maximum absolute atomic E-state index is 6.08. The Morgan fingerprint density at radius 1 is 1.47 bits per heavy atom. The highest BCUT2D eigenvalue weighted by Gasteiger charge is 2.02. The van der Waals surface area contributed by atoms with Crippen LogP contribution in [0.25, 0.3) is 0 Å². The second-order valence-corrected chi connectivity index (χ2v) is 3.83. The highest BCUT2D eigenvalue weighted by molar-refractivity contribution is 6.32. The Morgan fingerprint density at radius 2 is 2.24 bits per heavy atom. The van der Waals surface area contributed by atoms with Crippen molar-refractivity contribution in [2.45, 2.75) is 19.9 Å². The third-order valence-corrected chi connectivity index (χ3v) is 2.31. The van der Waals surface area contributed by atoms with E-state index in [4.69, 9.17) is 22.8 Å². The molecule has 4 heteroatoms. The fraction of sp³-hybridized carbons (Fsp3) is 0.385. The molecule has 0 aliphatic carbocycles. The van der Waals surface area contributed by atoms with Gasteiger partial charge in [-0.2, -0.15) is 0 Å². The highest BCUT2D eigenvalue weighted by atomic mass is 35.5. The van der Waals surface area contributed by atoms with Crippen LogP contribution in [0.1, 0.15) is 18.9 Å². The third-order valence-electron chi connectivity index (χ3n) is 2.01. The first kappa shape index (κ1) is 16.1. The fourth-order valence-corrected chi connectivity index (χ4v) is 1.52. The third kappa shape index (κ3) is 5.83. The van der Waals surface area contributed by atoms with Crippen LogP contribution in [-0.4, -0.2) is 13.2 Å². The molecule has 0 spiro atoms. The van der Waals surface area contributed by atoms with Crippen molar-refractivity contribution in [3.8, 4) is 18.1 Å². The summed E-state index contributed by atoms with van der Waals surface area (Å²) in [4.78, 5) is 0. The van der Waals surface area contributed by atoms with Crippen molar-refractivity contribution in [2.24, 2.45) is 0 Å². The lowest BCUT2D eigenvalue weighted by molar-refractivity contribution is 0.317. The molecule has 0 radical (unpaired) electrons. The molecule has 0 aromatic heterocycles. The average molecular weight is 274 g/mol. The Bertz CT molecular complexity index is 374. The summed E-state index contributed by atoms with van der Waals surface area (Å²) < 4.78 is 5.48. The van der Waals surface area contributed by atoms with Crippen LogP contribution in [0.5, 0.6) is 5.75 Å². The summed E-state index contributed by atoms with van der Waals surface area (Å²) in [6.07, 6.45) is 6.12. The molecule has 1 aromatic carbocycles. The molecule has 0 aliphatic rings. The number of halogens is 2. The van der Waals surface area contributed by atoms with Gasteiger partial charge in [0.25, 0.3) is 0 Å². The smallest absolute Gasteiger partial charge is 0.137 e. The van der Waals surface area contributed by atoms with Crippen molar-refractivity contribution >= 4 is 24.0 Å². The van der Waals surface area contributed by atoms with E-state index in [0.717, 1.165) is 24.3 Å². The molecule has 17 heavy (non-hydrogen) atoms. The van der Waals surface area contributed by atoms with Crippen molar-refractivity contribution in [3.05, 3.63) is 28.8 Å². The number of hydrogen-bond donors (Lipinski definition) is 1. The van der Waals surface area contributed by atoms with Gasteiger partial charge in [0, 0.05) is 6.54 Å². The molecular formula is C13H17Cl2NO. The van der Waals surface area contributed by atoms with Gasteiger partial charge in [-0.25, -0.2) is 0 Å². The second-order valence-electron chi connectivity index (χ2n) is 3.42. The van der Waals surface area contributed by atoms with Crippen molar-refractivity contribution in [1.29, 1.82) is 0 Å². The maximum Gasteiger partial charge on any atom is 0.137 e. The Labute approximate surface area is 114 Å². The zero-order chi connectivity index (χ0) is 11.8. The Balaban J connectivity index is 0.00000256.